The molecule has 0 atom stereocenters. The van der Waals surface area contributed by atoms with Gasteiger partial charge >= 0.3 is 12.1 Å². The average Bonchev–Trinajstić information content (AvgIpc) is 3.95. The maximum atomic E-state index is 16.2. The van der Waals surface area contributed by atoms with Crippen molar-refractivity contribution >= 4 is 37.6 Å². The third-order valence-corrected chi connectivity index (χ3v) is 15.4. The van der Waals surface area contributed by atoms with Gasteiger partial charge in [-0.1, -0.05) is 42.5 Å². The Labute approximate surface area is 392 Å². The van der Waals surface area contributed by atoms with Crippen molar-refractivity contribution in [2.24, 2.45) is 0 Å². The summed E-state index contributed by atoms with van der Waals surface area (Å²) in [6.07, 6.45) is 2.17. The molecule has 0 unspecified atom stereocenters. The number of sulfone groups is 1. The predicted octanol–water partition coefficient (Wildman–Crippen LogP) is 6.21. The second-order valence-electron chi connectivity index (χ2n) is 16.9. The first-order valence-electron chi connectivity index (χ1n) is 21.2. The van der Waals surface area contributed by atoms with E-state index in [0.717, 1.165) is 0 Å². The van der Waals surface area contributed by atoms with Crippen LogP contribution in [0.5, 0.6) is 17.2 Å². The fourth-order valence-electron chi connectivity index (χ4n) is 7.72. The van der Waals surface area contributed by atoms with Crippen LogP contribution in [0.2, 0.25) is 0 Å². The molecule has 4 aromatic carbocycles. The Hall–Kier alpha value is -7.36. The molecule has 21 heteroatoms. The zero-order valence-electron chi connectivity index (χ0n) is 37.9. The van der Waals surface area contributed by atoms with Crippen molar-refractivity contribution in [1.82, 2.24) is 38.8 Å². The van der Waals surface area contributed by atoms with Gasteiger partial charge in [-0.2, -0.15) is 4.31 Å². The highest BCUT2D eigenvalue weighted by molar-refractivity contribution is 7.94. The molecular formula is C47H48N8O11S2. The van der Waals surface area contributed by atoms with Crippen LogP contribution in [0.3, 0.4) is 0 Å². The Morgan fingerprint density at radius 3 is 1.85 bits per heavy atom. The molecule has 1 fully saturated rings. The Kier molecular flexibility index (Phi) is 13.0. The van der Waals surface area contributed by atoms with Crippen molar-refractivity contribution in [3.63, 3.8) is 0 Å². The normalized spacial score (nSPS) is 13.4. The summed E-state index contributed by atoms with van der Waals surface area (Å²) in [5.41, 5.74) is 0.922. The summed E-state index contributed by atoms with van der Waals surface area (Å²) in [6.45, 7) is 4.02. The van der Waals surface area contributed by atoms with Crippen LogP contribution in [0.25, 0.3) is 28.2 Å². The molecule has 0 saturated carbocycles. The second-order valence-corrected chi connectivity index (χ2v) is 21.0. The number of aromatic nitrogens is 6. The number of ether oxygens (including phenoxy) is 4. The number of carboxylic acid groups (broad SMARTS) is 1. The molecule has 1 aliphatic rings. The van der Waals surface area contributed by atoms with Crippen LogP contribution in [0, 0.1) is 0 Å². The third kappa shape index (κ3) is 9.58. The van der Waals surface area contributed by atoms with E-state index in [9.17, 15) is 14.7 Å². The predicted molar refractivity (Wildman–Crippen MR) is 248 cm³/mol. The number of fused-ring (bicyclic) bond motifs is 1. The first-order chi connectivity index (χ1) is 32.4. The maximum absolute atomic E-state index is 16.2. The highest BCUT2D eigenvalue weighted by Gasteiger charge is 2.46. The van der Waals surface area contributed by atoms with E-state index in [4.69, 9.17) is 18.9 Å². The number of rotatable bonds is 16. The molecule has 8 rings (SSSR count). The molecule has 354 valence electrons. The van der Waals surface area contributed by atoms with E-state index in [1.807, 2.05) is 0 Å². The minimum Gasteiger partial charge on any atom is -0.497 e. The zero-order chi connectivity index (χ0) is 48.5. The molecule has 1 N–H and O–H groups in total. The monoisotopic (exact) mass is 964 g/mol. The molecule has 0 aliphatic carbocycles. The van der Waals surface area contributed by atoms with Gasteiger partial charge in [-0.25, -0.2) is 36.1 Å². The number of sulfonamides is 1. The van der Waals surface area contributed by atoms with Crippen molar-refractivity contribution in [3.8, 4) is 39.8 Å². The lowest BCUT2D eigenvalue weighted by Gasteiger charge is -2.39. The number of benzene rings is 4. The molecule has 0 spiro atoms. The van der Waals surface area contributed by atoms with Gasteiger partial charge in [-0.3, -0.25) is 0 Å². The summed E-state index contributed by atoms with van der Waals surface area (Å²) in [5.74, 6) is 0.219. The molecule has 7 aromatic rings. The average molecular weight is 965 g/mol. The van der Waals surface area contributed by atoms with Gasteiger partial charge in [0.25, 0.3) is 0 Å². The first kappa shape index (κ1) is 47.1. The SMILES string of the molecule is COc1ccc(CN(Cc2ccc(OC)cc2)S(=O)(=O)c2c(S(=O)(=O)C3CN(C(=O)OC(C)(C)C)C3)ccc(-c3cccn4cc(C(=O)O)nc34)c2-c2nnnn2Cc2ccc(OC)cc2)cc1. The zero-order valence-corrected chi connectivity index (χ0v) is 39.6. The standard InChI is InChI=1S/C47H48N8O11S2/c1-47(2,3)66-46(58)53-27-36(28-53)67(59,60)40-22-21-37(38-8-7-23-52-29-39(45(56)57)48-43(38)52)41(44-49-50-51-55(44)26-32-13-19-35(65-6)20-14-32)42(40)68(61,62)54(24-30-9-15-33(63-4)16-10-30)25-31-11-17-34(64-5)18-12-31/h7-23,29,36H,24-28H2,1-6H3,(H,56,57). The Morgan fingerprint density at radius 2 is 1.32 bits per heavy atom. The van der Waals surface area contributed by atoms with Crippen LogP contribution in [0.1, 0.15) is 48.0 Å². The lowest BCUT2D eigenvalue weighted by molar-refractivity contribution is 0.0138. The fourth-order valence-corrected chi connectivity index (χ4v) is 11.8. The Balaban J connectivity index is 1.41. The van der Waals surface area contributed by atoms with E-state index in [-0.39, 0.29) is 66.6 Å². The van der Waals surface area contributed by atoms with E-state index < -0.39 is 52.6 Å². The van der Waals surface area contributed by atoms with Crippen molar-refractivity contribution in [1.29, 1.82) is 0 Å². The van der Waals surface area contributed by atoms with Crippen LogP contribution >= 0.6 is 0 Å². The number of likely N-dealkylation sites (tertiary alicyclic amines) is 1. The van der Waals surface area contributed by atoms with Gasteiger partial charge in [0.05, 0.1) is 38.3 Å². The van der Waals surface area contributed by atoms with Crippen molar-refractivity contribution in [2.75, 3.05) is 34.4 Å². The summed E-state index contributed by atoms with van der Waals surface area (Å²) in [5, 5.41) is 21.4. The topological polar surface area (TPSA) is 227 Å². The molecular weight excluding hydrogens is 917 g/mol. The number of tetrazole rings is 1. The van der Waals surface area contributed by atoms with Crippen LogP contribution in [-0.4, -0.2) is 118 Å². The number of carbonyl (C=O) groups excluding carboxylic acids is 1. The number of amides is 1. The first-order valence-corrected chi connectivity index (χ1v) is 24.1. The molecule has 1 aliphatic heterocycles. The second kappa shape index (κ2) is 18.7. The van der Waals surface area contributed by atoms with E-state index in [0.29, 0.717) is 33.9 Å². The number of nitrogens with zero attached hydrogens (tertiary/aromatic N) is 8. The largest absolute Gasteiger partial charge is 0.497 e. The number of pyridine rings is 1. The highest BCUT2D eigenvalue weighted by atomic mass is 32.2. The number of carbonyl (C=O) groups is 2. The molecule has 0 radical (unpaired) electrons. The molecule has 3 aromatic heterocycles. The van der Waals surface area contributed by atoms with Crippen LogP contribution in [-0.2, 0) is 44.2 Å². The smallest absolute Gasteiger partial charge is 0.410 e. The number of methoxy groups -OCH3 is 3. The van der Waals surface area contributed by atoms with Crippen LogP contribution in [0.4, 0.5) is 4.79 Å². The summed E-state index contributed by atoms with van der Waals surface area (Å²) in [7, 11) is -5.11. The minimum absolute atomic E-state index is 0.00609. The van der Waals surface area contributed by atoms with Crippen molar-refractivity contribution in [3.05, 3.63) is 132 Å². The van der Waals surface area contributed by atoms with E-state index >= 15 is 16.8 Å². The number of imidazole rings is 1. The maximum Gasteiger partial charge on any atom is 0.410 e. The van der Waals surface area contributed by atoms with Gasteiger partial charge < -0.3 is 33.4 Å². The minimum atomic E-state index is -5.02. The van der Waals surface area contributed by atoms with Gasteiger partial charge in [0, 0.05) is 44.1 Å². The molecule has 19 nitrogen and oxygen atoms in total. The molecule has 1 amide bonds. The van der Waals surface area contributed by atoms with E-state index in [1.54, 1.807) is 112 Å². The van der Waals surface area contributed by atoms with Gasteiger partial charge in [-0.05, 0) is 108 Å². The van der Waals surface area contributed by atoms with Crippen molar-refractivity contribution < 1.29 is 50.5 Å². The fraction of sp³-hybridized carbons (Fsp3) is 0.277. The summed E-state index contributed by atoms with van der Waals surface area (Å²) >= 11 is 0. The van der Waals surface area contributed by atoms with Gasteiger partial charge in [-0.15, -0.1) is 5.10 Å². The lowest BCUT2D eigenvalue weighted by Crippen LogP contribution is -2.57. The third-order valence-electron chi connectivity index (χ3n) is 11.2. The Bertz CT molecular complexity index is 3170. The summed E-state index contributed by atoms with van der Waals surface area (Å²) in [4.78, 5) is 29.8. The Morgan fingerprint density at radius 1 is 0.765 bits per heavy atom. The van der Waals surface area contributed by atoms with Gasteiger partial charge in [0.1, 0.15) is 38.6 Å². The van der Waals surface area contributed by atoms with E-state index in [2.05, 4.69) is 20.5 Å². The lowest BCUT2D eigenvalue weighted by atomic mass is 9.99. The quantitative estimate of drug-likeness (QED) is 0.114. The van der Waals surface area contributed by atoms with Crippen molar-refractivity contribution in [2.45, 2.75) is 61.0 Å². The van der Waals surface area contributed by atoms with Gasteiger partial charge in [0.2, 0.25) is 10.0 Å². The molecule has 68 heavy (non-hydrogen) atoms. The number of aromatic carboxylic acids is 1. The van der Waals surface area contributed by atoms with Gasteiger partial charge in [0.15, 0.2) is 21.4 Å². The molecule has 1 saturated heterocycles. The van der Waals surface area contributed by atoms with Crippen LogP contribution in [0.15, 0.2) is 119 Å². The summed E-state index contributed by atoms with van der Waals surface area (Å²) < 4.78 is 88.7. The van der Waals surface area contributed by atoms with E-state index in [1.165, 1.54) is 57.9 Å². The number of hydrogen-bond donors (Lipinski definition) is 1. The highest BCUT2D eigenvalue weighted by Crippen LogP contribution is 2.44. The number of carboxylic acids is 1. The van der Waals surface area contributed by atoms with Crippen LogP contribution < -0.4 is 14.2 Å². The molecule has 4 heterocycles. The summed E-state index contributed by atoms with van der Waals surface area (Å²) in [6, 6.07) is 26.5. The molecule has 0 bridgehead atoms. The number of hydrogen-bond acceptors (Lipinski definition) is 14.